The van der Waals surface area contributed by atoms with Gasteiger partial charge >= 0.3 is 6.09 Å². The van der Waals surface area contributed by atoms with E-state index in [2.05, 4.69) is 10.3 Å². The summed E-state index contributed by atoms with van der Waals surface area (Å²) in [6.45, 7) is 10.3. The smallest absolute Gasteiger partial charge is 0.407 e. The zero-order valence-corrected chi connectivity index (χ0v) is 14.3. The first-order chi connectivity index (χ1) is 10.0. The molecular weight excluding hydrogens is 287 g/mol. The van der Waals surface area contributed by atoms with Crippen molar-refractivity contribution in [3.8, 4) is 0 Å². The number of amidine groups is 1. The minimum Gasteiger partial charge on any atom is -0.444 e. The Morgan fingerprint density at radius 1 is 1.36 bits per heavy atom. The molecule has 1 unspecified atom stereocenters. The molecule has 1 atom stereocenters. The molecule has 0 saturated carbocycles. The summed E-state index contributed by atoms with van der Waals surface area (Å²) in [6, 6.07) is 0.0256. The molecule has 6 nitrogen and oxygen atoms in total. The van der Waals surface area contributed by atoms with Crippen molar-refractivity contribution in [2.75, 3.05) is 19.6 Å². The lowest BCUT2D eigenvalue weighted by Crippen LogP contribution is -2.55. The Hall–Kier alpha value is -1.37. The van der Waals surface area contributed by atoms with E-state index in [-0.39, 0.29) is 11.9 Å². The molecule has 1 heterocycles. The number of hydrogen-bond acceptors (Lipinski definition) is 4. The van der Waals surface area contributed by atoms with Crippen molar-refractivity contribution < 1.29 is 13.9 Å². The van der Waals surface area contributed by atoms with E-state index >= 15 is 0 Å². The fourth-order valence-electron chi connectivity index (χ4n) is 2.42. The van der Waals surface area contributed by atoms with Gasteiger partial charge in [-0.05, 0) is 47.5 Å². The van der Waals surface area contributed by atoms with Gasteiger partial charge in [0, 0.05) is 25.7 Å². The Kier molecular flexibility index (Phi) is 6.17. The van der Waals surface area contributed by atoms with Crippen molar-refractivity contribution in [3.63, 3.8) is 0 Å². The van der Waals surface area contributed by atoms with Gasteiger partial charge in [-0.3, -0.25) is 10.7 Å². The fourth-order valence-corrected chi connectivity index (χ4v) is 2.42. The summed E-state index contributed by atoms with van der Waals surface area (Å²) in [5.74, 6) is -1.66. The molecule has 0 radical (unpaired) electrons. The molecule has 1 aliphatic rings. The van der Waals surface area contributed by atoms with Crippen LogP contribution in [0.15, 0.2) is 4.99 Å². The van der Waals surface area contributed by atoms with Crippen LogP contribution in [0.1, 0.15) is 47.5 Å². The molecule has 0 aromatic heterocycles. The Bertz CT molecular complexity index is 405. The monoisotopic (exact) mass is 316 g/mol. The van der Waals surface area contributed by atoms with Crippen molar-refractivity contribution >= 4 is 11.9 Å². The lowest BCUT2D eigenvalue weighted by molar-refractivity contribution is 0.0486. The minimum atomic E-state index is -1.94. The van der Waals surface area contributed by atoms with E-state index in [0.717, 1.165) is 0 Å². The second-order valence-corrected chi connectivity index (χ2v) is 6.78. The normalized spacial score (nSPS) is 20.5. The third kappa shape index (κ3) is 6.17. The summed E-state index contributed by atoms with van der Waals surface area (Å²) in [5, 5.41) is 2.85. The molecule has 1 rings (SSSR count). The molecule has 0 aromatic carbocycles. The third-order valence-corrected chi connectivity index (χ3v) is 3.26. The number of alkyl carbamates (subject to hydrolysis) is 1. The van der Waals surface area contributed by atoms with Gasteiger partial charge in [0.05, 0.1) is 0 Å². The molecule has 128 valence electrons. The summed E-state index contributed by atoms with van der Waals surface area (Å²) >= 11 is 0. The average Bonchev–Trinajstić information content (AvgIpc) is 2.33. The maximum absolute atomic E-state index is 14.0. The van der Waals surface area contributed by atoms with E-state index in [4.69, 9.17) is 10.5 Å². The number of halogens is 1. The number of ether oxygens (including phenoxy) is 1. The number of carbonyl (C=O) groups excluding carboxylic acids is 1. The first-order valence-electron chi connectivity index (χ1n) is 7.80. The number of nitrogens with two attached hydrogens (primary N) is 1. The van der Waals surface area contributed by atoms with E-state index in [1.54, 1.807) is 0 Å². The van der Waals surface area contributed by atoms with E-state index in [9.17, 15) is 9.18 Å². The third-order valence-electron chi connectivity index (χ3n) is 3.26. The SMILES string of the molecule is CCN=C(N1CCC(NC(=O)OC(C)(C)C)CC1)C(C)(N)F. The number of likely N-dealkylation sites (tertiary alicyclic amines) is 1. The first-order valence-corrected chi connectivity index (χ1v) is 7.80. The quantitative estimate of drug-likeness (QED) is 0.474. The van der Waals surface area contributed by atoms with Crippen LogP contribution in [-0.2, 0) is 4.74 Å². The van der Waals surface area contributed by atoms with Crippen LogP contribution in [0.5, 0.6) is 0 Å². The highest BCUT2D eigenvalue weighted by Crippen LogP contribution is 2.17. The van der Waals surface area contributed by atoms with Crippen LogP contribution < -0.4 is 11.1 Å². The van der Waals surface area contributed by atoms with Crippen LogP contribution in [0.25, 0.3) is 0 Å². The van der Waals surface area contributed by atoms with E-state index < -0.39 is 17.5 Å². The Balaban J connectivity index is 2.53. The molecule has 1 aliphatic heterocycles. The molecule has 1 fully saturated rings. The largest absolute Gasteiger partial charge is 0.444 e. The summed E-state index contributed by atoms with van der Waals surface area (Å²) < 4.78 is 19.3. The molecule has 1 saturated heterocycles. The second kappa shape index (κ2) is 7.26. The molecule has 1 amide bonds. The predicted octanol–water partition coefficient (Wildman–Crippen LogP) is 2.04. The molecule has 7 heteroatoms. The first kappa shape index (κ1) is 18.7. The topological polar surface area (TPSA) is 80.0 Å². The van der Waals surface area contributed by atoms with Gasteiger partial charge < -0.3 is 15.0 Å². The number of amides is 1. The fraction of sp³-hybridized carbons (Fsp3) is 0.867. The number of nitrogens with zero attached hydrogens (tertiary/aromatic N) is 2. The standard InChI is InChI=1S/C15H29FN4O2/c1-6-18-12(15(5,16)17)20-9-7-11(8-10-20)19-13(21)22-14(2,3)4/h11H,6-10,17H2,1-5H3,(H,19,21). The molecule has 0 aromatic rings. The Morgan fingerprint density at radius 3 is 2.32 bits per heavy atom. The summed E-state index contributed by atoms with van der Waals surface area (Å²) in [7, 11) is 0. The molecule has 0 spiro atoms. The average molecular weight is 316 g/mol. The van der Waals surface area contributed by atoms with Crippen molar-refractivity contribution in [1.29, 1.82) is 0 Å². The van der Waals surface area contributed by atoms with Gasteiger partial charge in [-0.15, -0.1) is 0 Å². The van der Waals surface area contributed by atoms with Crippen molar-refractivity contribution in [2.45, 2.75) is 64.9 Å². The highest BCUT2D eigenvalue weighted by atomic mass is 19.1. The number of rotatable bonds is 3. The summed E-state index contributed by atoms with van der Waals surface area (Å²) in [4.78, 5) is 17.8. The lowest BCUT2D eigenvalue weighted by atomic mass is 10.0. The number of nitrogens with one attached hydrogen (secondary N) is 1. The Morgan fingerprint density at radius 2 is 1.91 bits per heavy atom. The minimum absolute atomic E-state index is 0.0256. The van der Waals surface area contributed by atoms with Crippen LogP contribution in [0, 0.1) is 0 Å². The number of piperidine rings is 1. The molecule has 3 N–H and O–H groups in total. The van der Waals surface area contributed by atoms with Gasteiger partial charge in [-0.2, -0.15) is 0 Å². The highest BCUT2D eigenvalue weighted by molar-refractivity contribution is 5.89. The number of carbonyl (C=O) groups is 1. The number of hydrogen-bond donors (Lipinski definition) is 2. The van der Waals surface area contributed by atoms with Crippen molar-refractivity contribution in [2.24, 2.45) is 10.7 Å². The van der Waals surface area contributed by atoms with Crippen LogP contribution >= 0.6 is 0 Å². The van der Waals surface area contributed by atoms with Gasteiger partial charge in [0.25, 0.3) is 0 Å². The summed E-state index contributed by atoms with van der Waals surface area (Å²) in [6.07, 6.45) is 0.999. The molecule has 0 bridgehead atoms. The van der Waals surface area contributed by atoms with E-state index in [1.807, 2.05) is 32.6 Å². The second-order valence-electron chi connectivity index (χ2n) is 6.78. The van der Waals surface area contributed by atoms with Crippen LogP contribution in [0.3, 0.4) is 0 Å². The molecule has 0 aliphatic carbocycles. The van der Waals surface area contributed by atoms with E-state index in [0.29, 0.717) is 32.5 Å². The van der Waals surface area contributed by atoms with Crippen molar-refractivity contribution in [1.82, 2.24) is 10.2 Å². The summed E-state index contributed by atoms with van der Waals surface area (Å²) in [5.41, 5.74) is 5.04. The maximum Gasteiger partial charge on any atom is 0.407 e. The van der Waals surface area contributed by atoms with Gasteiger partial charge in [0.2, 0.25) is 5.79 Å². The van der Waals surface area contributed by atoms with Crippen LogP contribution in [0.2, 0.25) is 0 Å². The van der Waals surface area contributed by atoms with Gasteiger partial charge in [0.1, 0.15) is 5.60 Å². The molecule has 22 heavy (non-hydrogen) atoms. The van der Waals surface area contributed by atoms with Crippen LogP contribution in [0.4, 0.5) is 9.18 Å². The maximum atomic E-state index is 14.0. The van der Waals surface area contributed by atoms with Crippen molar-refractivity contribution in [3.05, 3.63) is 0 Å². The Labute approximate surface area is 132 Å². The predicted molar refractivity (Wildman–Crippen MR) is 85.6 cm³/mol. The lowest BCUT2D eigenvalue weighted by Gasteiger charge is -2.37. The van der Waals surface area contributed by atoms with Gasteiger partial charge in [0.15, 0.2) is 5.84 Å². The zero-order chi connectivity index (χ0) is 17.0. The number of aliphatic imine (C=N–C) groups is 1. The number of alkyl halides is 1. The zero-order valence-electron chi connectivity index (χ0n) is 14.3. The van der Waals surface area contributed by atoms with Crippen LogP contribution in [-0.4, -0.2) is 53.9 Å². The molecular formula is C15H29FN4O2. The van der Waals surface area contributed by atoms with Gasteiger partial charge in [-0.25, -0.2) is 9.18 Å². The van der Waals surface area contributed by atoms with E-state index in [1.165, 1.54) is 6.92 Å². The van der Waals surface area contributed by atoms with Gasteiger partial charge in [-0.1, -0.05) is 0 Å². The highest BCUT2D eigenvalue weighted by Gasteiger charge is 2.32.